The Kier molecular flexibility index (Phi) is 9.86. The number of hydrogen-bond donors (Lipinski definition) is 8. The molecule has 2 aromatic carbocycles. The maximum atomic E-state index is 13.3. The summed E-state index contributed by atoms with van der Waals surface area (Å²) in [5, 5.41) is 82.9. The van der Waals surface area contributed by atoms with Crippen LogP contribution in [-0.2, 0) is 14.2 Å². The van der Waals surface area contributed by atoms with Crippen LogP contribution in [0.2, 0.25) is 0 Å². The molecule has 0 saturated carbocycles. The van der Waals surface area contributed by atoms with Crippen LogP contribution in [0.15, 0.2) is 24.3 Å². The highest BCUT2D eigenvalue weighted by molar-refractivity contribution is 6.03. The maximum Gasteiger partial charge on any atom is 0.229 e. The van der Waals surface area contributed by atoms with E-state index in [2.05, 4.69) is 0 Å². The second-order valence-corrected chi connectivity index (χ2v) is 11.3. The molecule has 1 unspecified atom stereocenters. The van der Waals surface area contributed by atoms with Gasteiger partial charge in [0.1, 0.15) is 77.4 Å². The van der Waals surface area contributed by atoms with Gasteiger partial charge in [0.15, 0.2) is 18.2 Å². The molecule has 15 heteroatoms. The van der Waals surface area contributed by atoms with E-state index in [1.807, 2.05) is 0 Å². The van der Waals surface area contributed by atoms with E-state index < -0.39 is 86.5 Å². The summed E-state index contributed by atoms with van der Waals surface area (Å²) in [6.07, 6.45) is -17.3. The van der Waals surface area contributed by atoms with Gasteiger partial charge in [-0.25, -0.2) is 0 Å². The molecule has 248 valence electrons. The van der Waals surface area contributed by atoms with Gasteiger partial charge in [-0.15, -0.1) is 0 Å². The molecule has 0 radical (unpaired) electrons. The standard InChI is InChI=1S/C30H38O15/c1-11-20(34)19-15(33)8-16(13-4-6-14(40-3)7-5-13)41-27(19)12(2)26(11)44-30-28(24(38)22(36)18(10-32)43-30)45-29-25(39)23(37)21(35)17(9-31)42-29/h4-7,16-18,21-25,28-32,34-39H,8-10H2,1-3H3/t16?,17-,18-,21-,22-,23+,24+,25-,28-,29+,30+/m1/s1. The quantitative estimate of drug-likeness (QED) is 0.168. The first-order valence-electron chi connectivity index (χ1n) is 14.4. The fourth-order valence-electron chi connectivity index (χ4n) is 5.76. The summed E-state index contributed by atoms with van der Waals surface area (Å²) in [5.41, 5.74) is 1.04. The Morgan fingerprint density at radius 2 is 1.42 bits per heavy atom. The average molecular weight is 639 g/mol. The Labute approximate surface area is 257 Å². The van der Waals surface area contributed by atoms with E-state index in [0.717, 1.165) is 0 Å². The van der Waals surface area contributed by atoms with E-state index in [9.17, 15) is 45.6 Å². The van der Waals surface area contributed by atoms with Crippen LogP contribution in [0.5, 0.6) is 23.0 Å². The van der Waals surface area contributed by atoms with Gasteiger partial charge in [0.2, 0.25) is 6.29 Å². The number of rotatable bonds is 8. The van der Waals surface area contributed by atoms with Crippen LogP contribution in [-0.4, -0.2) is 128 Å². The van der Waals surface area contributed by atoms with Crippen molar-refractivity contribution in [3.8, 4) is 23.0 Å². The molecule has 0 amide bonds. The van der Waals surface area contributed by atoms with Crippen molar-refractivity contribution in [3.05, 3.63) is 46.5 Å². The number of Topliss-reactive ketones (excluding diaryl/α,β-unsaturated/α-hetero) is 1. The lowest BCUT2D eigenvalue weighted by Gasteiger charge is -2.46. The van der Waals surface area contributed by atoms with Crippen LogP contribution in [0, 0.1) is 13.8 Å². The van der Waals surface area contributed by atoms with E-state index in [1.165, 1.54) is 14.0 Å². The first-order valence-corrected chi connectivity index (χ1v) is 14.4. The zero-order chi connectivity index (χ0) is 32.7. The van der Waals surface area contributed by atoms with Crippen LogP contribution in [0.3, 0.4) is 0 Å². The molecular weight excluding hydrogens is 600 g/mol. The minimum atomic E-state index is -1.85. The van der Waals surface area contributed by atoms with Gasteiger partial charge in [-0.05, 0) is 31.5 Å². The molecule has 5 rings (SSSR count). The molecule has 45 heavy (non-hydrogen) atoms. The minimum absolute atomic E-state index is 0.0258. The molecule has 3 aliphatic rings. The number of ether oxygens (including phenoxy) is 6. The molecule has 11 atom stereocenters. The van der Waals surface area contributed by atoms with Crippen molar-refractivity contribution in [2.24, 2.45) is 0 Å². The summed E-state index contributed by atoms with van der Waals surface area (Å²) in [6.45, 7) is 1.58. The highest BCUT2D eigenvalue weighted by Gasteiger charge is 2.51. The summed E-state index contributed by atoms with van der Waals surface area (Å²) >= 11 is 0. The Morgan fingerprint density at radius 1 is 0.822 bits per heavy atom. The third-order valence-electron chi connectivity index (χ3n) is 8.44. The Bertz CT molecular complexity index is 1360. The van der Waals surface area contributed by atoms with Gasteiger partial charge in [0.05, 0.1) is 26.7 Å². The molecule has 0 aliphatic carbocycles. The van der Waals surface area contributed by atoms with E-state index >= 15 is 0 Å². The number of carbonyl (C=O) groups is 1. The molecule has 15 nitrogen and oxygen atoms in total. The molecule has 3 heterocycles. The molecule has 2 fully saturated rings. The van der Waals surface area contributed by atoms with E-state index in [1.54, 1.807) is 31.2 Å². The highest BCUT2D eigenvalue weighted by Crippen LogP contribution is 2.48. The second kappa shape index (κ2) is 13.3. The van der Waals surface area contributed by atoms with E-state index in [0.29, 0.717) is 11.3 Å². The predicted molar refractivity (Wildman–Crippen MR) is 150 cm³/mol. The number of phenolic OH excluding ortho intramolecular Hbond substituents is 1. The third kappa shape index (κ3) is 6.08. The lowest BCUT2D eigenvalue weighted by molar-refractivity contribution is -0.358. The first kappa shape index (κ1) is 33.3. The van der Waals surface area contributed by atoms with Crippen LogP contribution in [0.4, 0.5) is 0 Å². The average Bonchev–Trinajstić information content (AvgIpc) is 3.04. The number of carbonyl (C=O) groups excluding carboxylic acids is 1. The summed E-state index contributed by atoms with van der Waals surface area (Å²) in [5.74, 6) is -0.147. The Morgan fingerprint density at radius 3 is 2.02 bits per heavy atom. The number of benzene rings is 2. The molecule has 2 aromatic rings. The number of aromatic hydroxyl groups is 1. The van der Waals surface area contributed by atoms with Crippen molar-refractivity contribution in [1.29, 1.82) is 0 Å². The monoisotopic (exact) mass is 638 g/mol. The largest absolute Gasteiger partial charge is 0.507 e. The van der Waals surface area contributed by atoms with Crippen molar-refractivity contribution in [1.82, 2.24) is 0 Å². The van der Waals surface area contributed by atoms with Crippen LogP contribution < -0.4 is 14.2 Å². The number of ketones is 1. The van der Waals surface area contributed by atoms with Crippen molar-refractivity contribution < 1.29 is 74.1 Å². The molecule has 0 spiro atoms. The molecule has 0 bridgehead atoms. The van der Waals surface area contributed by atoms with E-state index in [4.69, 9.17) is 28.4 Å². The van der Waals surface area contributed by atoms with Gasteiger partial charge < -0.3 is 69.3 Å². The topological polar surface area (TPSA) is 234 Å². The molecule has 3 aliphatic heterocycles. The smallest absolute Gasteiger partial charge is 0.229 e. The molecule has 8 N–H and O–H groups in total. The van der Waals surface area contributed by atoms with E-state index in [-0.39, 0.29) is 40.4 Å². The summed E-state index contributed by atoms with van der Waals surface area (Å²) < 4.78 is 34.4. The molecule has 0 aromatic heterocycles. The van der Waals surface area contributed by atoms with Gasteiger partial charge in [-0.3, -0.25) is 4.79 Å². The zero-order valence-electron chi connectivity index (χ0n) is 24.7. The number of fused-ring (bicyclic) bond motifs is 1. The van der Waals surface area contributed by atoms with Crippen molar-refractivity contribution in [3.63, 3.8) is 0 Å². The maximum absolute atomic E-state index is 13.3. The van der Waals surface area contributed by atoms with Gasteiger partial charge >= 0.3 is 0 Å². The molecule has 2 saturated heterocycles. The normalized spacial score (nSPS) is 35.0. The SMILES string of the molecule is COc1ccc(C2CC(=O)c3c(O)c(C)c(O[C@@H]4O[C@H](CO)[C@@H](O)[C@H](O)[C@H]4O[C@@H]4O[C@H](CO)[C@@H](O)[C@H](O)[C@H]4O)c(C)c3O2)cc1. The number of methoxy groups -OCH3 is 1. The fraction of sp³-hybridized carbons (Fsp3) is 0.567. The Hall–Kier alpha value is -3.09. The summed E-state index contributed by atoms with van der Waals surface area (Å²) in [6, 6.07) is 6.95. The number of aliphatic hydroxyl groups is 7. The highest BCUT2D eigenvalue weighted by atomic mass is 16.8. The lowest BCUT2D eigenvalue weighted by Crippen LogP contribution is -2.65. The number of aliphatic hydroxyl groups excluding tert-OH is 7. The third-order valence-corrected chi connectivity index (χ3v) is 8.44. The van der Waals surface area contributed by atoms with Crippen LogP contribution >= 0.6 is 0 Å². The summed E-state index contributed by atoms with van der Waals surface area (Å²) in [4.78, 5) is 13.3. The zero-order valence-corrected chi connectivity index (χ0v) is 24.7. The number of phenols is 1. The van der Waals surface area contributed by atoms with Gasteiger partial charge in [-0.2, -0.15) is 0 Å². The minimum Gasteiger partial charge on any atom is -0.507 e. The van der Waals surface area contributed by atoms with Crippen molar-refractivity contribution >= 4 is 5.78 Å². The van der Waals surface area contributed by atoms with Gasteiger partial charge in [0.25, 0.3) is 0 Å². The second-order valence-electron chi connectivity index (χ2n) is 11.3. The first-order chi connectivity index (χ1) is 21.4. The Balaban J connectivity index is 1.48. The van der Waals surface area contributed by atoms with Gasteiger partial charge in [0, 0.05) is 11.1 Å². The van der Waals surface area contributed by atoms with Crippen LogP contribution in [0.1, 0.15) is 39.6 Å². The summed E-state index contributed by atoms with van der Waals surface area (Å²) in [7, 11) is 1.53. The van der Waals surface area contributed by atoms with Gasteiger partial charge in [-0.1, -0.05) is 12.1 Å². The van der Waals surface area contributed by atoms with Crippen LogP contribution in [0.25, 0.3) is 0 Å². The predicted octanol–water partition coefficient (Wildman–Crippen LogP) is -1.27. The molecular formula is C30H38O15. The van der Waals surface area contributed by atoms with Crippen molar-refractivity contribution in [2.75, 3.05) is 20.3 Å². The lowest BCUT2D eigenvalue weighted by atomic mass is 9.91. The number of hydrogen-bond acceptors (Lipinski definition) is 15. The van der Waals surface area contributed by atoms with Crippen molar-refractivity contribution in [2.45, 2.75) is 87.8 Å². The fourth-order valence-corrected chi connectivity index (χ4v) is 5.76.